The molecule has 1 heterocycles. The van der Waals surface area contributed by atoms with Gasteiger partial charge >= 0.3 is 0 Å². The highest BCUT2D eigenvalue weighted by atomic mass is 79.9. The Hall–Kier alpha value is -0.460. The molecule has 0 radical (unpaired) electrons. The Balaban J connectivity index is 2.11. The SMILES string of the molecule is CN(Cc1csc(Br)c1)C(=O)C1(C(N)=S)CCCC1. The third-order valence-corrected chi connectivity index (χ3v) is 5.67. The van der Waals surface area contributed by atoms with E-state index in [-0.39, 0.29) is 5.91 Å². The molecule has 0 atom stereocenters. The Kier molecular flexibility index (Phi) is 4.63. The van der Waals surface area contributed by atoms with Crippen molar-refractivity contribution in [1.82, 2.24) is 4.90 Å². The van der Waals surface area contributed by atoms with Crippen molar-refractivity contribution < 1.29 is 4.79 Å². The number of hydrogen-bond acceptors (Lipinski definition) is 3. The summed E-state index contributed by atoms with van der Waals surface area (Å²) in [4.78, 5) is 14.8. The lowest BCUT2D eigenvalue weighted by atomic mass is 9.84. The van der Waals surface area contributed by atoms with Crippen molar-refractivity contribution in [3.63, 3.8) is 0 Å². The standard InChI is InChI=1S/C13H17BrN2OS2/c1-16(7-9-6-10(14)19-8-9)12(17)13(11(15)18)4-2-3-5-13/h6,8H,2-5,7H2,1H3,(H2,15,18). The quantitative estimate of drug-likeness (QED) is 0.837. The van der Waals surface area contributed by atoms with Crippen LogP contribution in [0.15, 0.2) is 15.2 Å². The van der Waals surface area contributed by atoms with E-state index in [0.717, 1.165) is 35.0 Å². The highest BCUT2D eigenvalue weighted by Gasteiger charge is 2.45. The summed E-state index contributed by atoms with van der Waals surface area (Å²) in [5, 5.41) is 2.05. The number of carbonyl (C=O) groups is 1. The molecule has 1 aliphatic rings. The Bertz CT molecular complexity index is 495. The van der Waals surface area contributed by atoms with Gasteiger partial charge in [-0.1, -0.05) is 25.1 Å². The van der Waals surface area contributed by atoms with E-state index in [0.29, 0.717) is 11.5 Å². The molecule has 1 fully saturated rings. The number of hydrogen-bond donors (Lipinski definition) is 1. The zero-order valence-corrected chi connectivity index (χ0v) is 14.0. The second-order valence-electron chi connectivity index (χ2n) is 5.07. The van der Waals surface area contributed by atoms with E-state index in [1.165, 1.54) is 0 Å². The molecule has 1 aromatic heterocycles. The van der Waals surface area contributed by atoms with Gasteiger partial charge in [-0.2, -0.15) is 0 Å². The van der Waals surface area contributed by atoms with Crippen molar-refractivity contribution in [2.75, 3.05) is 7.05 Å². The summed E-state index contributed by atoms with van der Waals surface area (Å²) in [6.45, 7) is 0.602. The van der Waals surface area contributed by atoms with Gasteiger partial charge in [-0.3, -0.25) is 4.79 Å². The van der Waals surface area contributed by atoms with Crippen LogP contribution in [0.4, 0.5) is 0 Å². The second kappa shape index (κ2) is 5.89. The fourth-order valence-corrected chi connectivity index (χ4v) is 4.18. The molecule has 19 heavy (non-hydrogen) atoms. The highest BCUT2D eigenvalue weighted by Crippen LogP contribution is 2.40. The maximum Gasteiger partial charge on any atom is 0.235 e. The first-order chi connectivity index (χ1) is 8.95. The largest absolute Gasteiger partial charge is 0.392 e. The first-order valence-electron chi connectivity index (χ1n) is 6.24. The van der Waals surface area contributed by atoms with Crippen LogP contribution in [0.3, 0.4) is 0 Å². The van der Waals surface area contributed by atoms with Crippen LogP contribution in [0.5, 0.6) is 0 Å². The van der Waals surface area contributed by atoms with Crippen molar-refractivity contribution in [2.45, 2.75) is 32.2 Å². The molecule has 0 saturated heterocycles. The van der Waals surface area contributed by atoms with E-state index in [4.69, 9.17) is 18.0 Å². The maximum absolute atomic E-state index is 12.7. The lowest BCUT2D eigenvalue weighted by Crippen LogP contribution is -2.47. The summed E-state index contributed by atoms with van der Waals surface area (Å²) in [6, 6.07) is 2.04. The lowest BCUT2D eigenvalue weighted by Gasteiger charge is -2.31. The van der Waals surface area contributed by atoms with Crippen molar-refractivity contribution in [3.05, 3.63) is 20.8 Å². The van der Waals surface area contributed by atoms with Crippen molar-refractivity contribution in [2.24, 2.45) is 11.1 Å². The highest BCUT2D eigenvalue weighted by molar-refractivity contribution is 9.11. The van der Waals surface area contributed by atoms with Crippen LogP contribution in [0.2, 0.25) is 0 Å². The van der Waals surface area contributed by atoms with Gasteiger partial charge in [-0.25, -0.2) is 0 Å². The smallest absolute Gasteiger partial charge is 0.235 e. The average Bonchev–Trinajstić information content (AvgIpc) is 2.98. The van der Waals surface area contributed by atoms with Gasteiger partial charge in [0.15, 0.2) is 0 Å². The summed E-state index contributed by atoms with van der Waals surface area (Å²) in [5.74, 6) is 0.0693. The van der Waals surface area contributed by atoms with Crippen molar-refractivity contribution in [3.8, 4) is 0 Å². The van der Waals surface area contributed by atoms with Gasteiger partial charge in [0.2, 0.25) is 5.91 Å². The second-order valence-corrected chi connectivity index (χ2v) is 7.80. The lowest BCUT2D eigenvalue weighted by molar-refractivity contribution is -0.137. The van der Waals surface area contributed by atoms with Gasteiger partial charge in [-0.15, -0.1) is 11.3 Å². The molecule has 1 aliphatic carbocycles. The van der Waals surface area contributed by atoms with Gasteiger partial charge in [0.1, 0.15) is 0 Å². The number of nitrogens with zero attached hydrogens (tertiary/aromatic N) is 1. The third-order valence-electron chi connectivity index (χ3n) is 3.73. The molecule has 1 amide bonds. The number of carbonyl (C=O) groups excluding carboxylic acids is 1. The molecule has 1 saturated carbocycles. The fourth-order valence-electron chi connectivity index (χ4n) is 2.68. The Labute approximate surface area is 131 Å². The maximum atomic E-state index is 12.7. The molecule has 0 unspecified atom stereocenters. The molecule has 3 nitrogen and oxygen atoms in total. The van der Waals surface area contributed by atoms with Crippen LogP contribution >= 0.6 is 39.5 Å². The third kappa shape index (κ3) is 3.01. The molecule has 0 aromatic carbocycles. The predicted molar refractivity (Wildman–Crippen MR) is 86.2 cm³/mol. The molecule has 1 aromatic rings. The molecule has 0 spiro atoms. The van der Waals surface area contributed by atoms with E-state index in [1.54, 1.807) is 16.2 Å². The summed E-state index contributed by atoms with van der Waals surface area (Å²) < 4.78 is 1.08. The van der Waals surface area contributed by atoms with Crippen LogP contribution in [-0.2, 0) is 11.3 Å². The molecular formula is C13H17BrN2OS2. The minimum absolute atomic E-state index is 0.0693. The molecule has 6 heteroatoms. The fraction of sp³-hybridized carbons (Fsp3) is 0.538. The van der Waals surface area contributed by atoms with E-state index in [1.807, 2.05) is 13.1 Å². The molecule has 2 rings (SSSR count). The Morgan fingerprint density at radius 2 is 2.21 bits per heavy atom. The van der Waals surface area contributed by atoms with E-state index >= 15 is 0 Å². The molecular weight excluding hydrogens is 344 g/mol. The van der Waals surface area contributed by atoms with Crippen LogP contribution < -0.4 is 5.73 Å². The minimum Gasteiger partial charge on any atom is -0.392 e. The van der Waals surface area contributed by atoms with E-state index < -0.39 is 5.41 Å². The van der Waals surface area contributed by atoms with Crippen molar-refractivity contribution in [1.29, 1.82) is 0 Å². The zero-order chi connectivity index (χ0) is 14.0. The van der Waals surface area contributed by atoms with Gasteiger partial charge in [0.25, 0.3) is 0 Å². The first-order valence-corrected chi connectivity index (χ1v) is 8.32. The average molecular weight is 361 g/mol. The van der Waals surface area contributed by atoms with Gasteiger partial charge in [-0.05, 0) is 45.8 Å². The molecule has 0 bridgehead atoms. The summed E-state index contributed by atoms with van der Waals surface area (Å²) in [5.41, 5.74) is 6.38. The summed E-state index contributed by atoms with van der Waals surface area (Å²) in [7, 11) is 1.83. The van der Waals surface area contributed by atoms with Crippen LogP contribution in [0, 0.1) is 5.41 Å². The number of nitrogens with two attached hydrogens (primary N) is 1. The van der Waals surface area contributed by atoms with Crippen LogP contribution in [0.25, 0.3) is 0 Å². The zero-order valence-electron chi connectivity index (χ0n) is 10.8. The minimum atomic E-state index is -0.600. The van der Waals surface area contributed by atoms with E-state index in [9.17, 15) is 4.79 Å². The number of amides is 1. The van der Waals surface area contributed by atoms with Crippen LogP contribution in [-0.4, -0.2) is 22.8 Å². The first kappa shape index (κ1) is 14.9. The number of thiocarbonyl (C=S) groups is 1. The van der Waals surface area contributed by atoms with Crippen molar-refractivity contribution >= 4 is 50.4 Å². The predicted octanol–water partition coefficient (Wildman–Crippen LogP) is 3.32. The summed E-state index contributed by atoms with van der Waals surface area (Å²) >= 11 is 10.2. The van der Waals surface area contributed by atoms with Crippen LogP contribution in [0.1, 0.15) is 31.2 Å². The Morgan fingerprint density at radius 3 is 2.68 bits per heavy atom. The summed E-state index contributed by atoms with van der Waals surface area (Å²) in [6.07, 6.45) is 3.64. The van der Waals surface area contributed by atoms with Gasteiger partial charge in [0, 0.05) is 13.6 Å². The number of thiophene rings is 1. The van der Waals surface area contributed by atoms with E-state index in [2.05, 4.69) is 21.3 Å². The Morgan fingerprint density at radius 1 is 1.58 bits per heavy atom. The number of halogens is 1. The van der Waals surface area contributed by atoms with Gasteiger partial charge in [0.05, 0.1) is 14.2 Å². The van der Waals surface area contributed by atoms with Gasteiger partial charge < -0.3 is 10.6 Å². The normalized spacial score (nSPS) is 17.4. The molecule has 0 aliphatic heterocycles. The monoisotopic (exact) mass is 360 g/mol. The molecule has 2 N–H and O–H groups in total. The number of rotatable bonds is 4. The topological polar surface area (TPSA) is 46.3 Å². The molecule has 104 valence electrons.